The molecule has 5 rings (SSSR count). The van der Waals surface area contributed by atoms with E-state index < -0.39 is 17.9 Å². The lowest BCUT2D eigenvalue weighted by molar-refractivity contribution is -0.118. The Morgan fingerprint density at radius 2 is 1.81 bits per heavy atom. The molecule has 2 aromatic heterocycles. The average Bonchev–Trinajstić information content (AvgIpc) is 3.20. The highest BCUT2D eigenvalue weighted by Gasteiger charge is 2.40. The summed E-state index contributed by atoms with van der Waals surface area (Å²) < 4.78 is 13.8. The molecule has 2 N–H and O–H groups in total. The third kappa shape index (κ3) is 3.60. The van der Waals surface area contributed by atoms with Crippen molar-refractivity contribution in [1.29, 1.82) is 0 Å². The number of thioether (sulfide) groups is 1. The molecule has 1 atom stereocenters. The summed E-state index contributed by atoms with van der Waals surface area (Å²) in [6.45, 7) is 0. The lowest BCUT2D eigenvalue weighted by Gasteiger charge is -2.32. The number of aromatic nitrogens is 2. The molecule has 158 valence electrons. The molecule has 4 heterocycles. The van der Waals surface area contributed by atoms with E-state index in [2.05, 4.69) is 25.8 Å². The van der Waals surface area contributed by atoms with Gasteiger partial charge in [-0.15, -0.1) is 0 Å². The lowest BCUT2D eigenvalue weighted by atomic mass is 10.00. The van der Waals surface area contributed by atoms with E-state index in [0.717, 1.165) is 5.69 Å². The van der Waals surface area contributed by atoms with E-state index in [4.69, 9.17) is 0 Å². The van der Waals surface area contributed by atoms with Crippen molar-refractivity contribution in [1.82, 2.24) is 20.8 Å². The summed E-state index contributed by atoms with van der Waals surface area (Å²) in [6.07, 6.45) is 6.06. The second-order valence-electron chi connectivity index (χ2n) is 6.88. The highest BCUT2D eigenvalue weighted by atomic mass is 32.2. The molecule has 0 bridgehead atoms. The van der Waals surface area contributed by atoms with E-state index in [1.807, 2.05) is 11.0 Å². The molecule has 0 radical (unpaired) electrons. The van der Waals surface area contributed by atoms with Crippen molar-refractivity contribution in [3.63, 3.8) is 0 Å². The Hall–Kier alpha value is -4.05. The Kier molecular flexibility index (Phi) is 5.12. The van der Waals surface area contributed by atoms with Crippen LogP contribution in [-0.2, 0) is 4.79 Å². The number of halogens is 1. The largest absolute Gasteiger partial charge is 0.306 e. The molecule has 32 heavy (non-hydrogen) atoms. The molecular weight excluding hydrogens is 431 g/mol. The molecule has 0 fully saturated rings. The van der Waals surface area contributed by atoms with E-state index >= 15 is 0 Å². The van der Waals surface area contributed by atoms with E-state index in [0.29, 0.717) is 21.3 Å². The Bertz CT molecular complexity index is 1270. The van der Waals surface area contributed by atoms with Crippen molar-refractivity contribution in [2.45, 2.75) is 10.9 Å². The number of hydrogen-bond donors (Lipinski definition) is 2. The maximum atomic E-state index is 13.8. The molecule has 8 nitrogen and oxygen atoms in total. The highest BCUT2D eigenvalue weighted by molar-refractivity contribution is 8.14. The molecule has 2 aliphatic rings. The summed E-state index contributed by atoms with van der Waals surface area (Å²) in [6, 6.07) is 12.3. The van der Waals surface area contributed by atoms with Crippen LogP contribution in [0.2, 0.25) is 0 Å². The predicted octanol–water partition coefficient (Wildman–Crippen LogP) is 2.98. The summed E-state index contributed by atoms with van der Waals surface area (Å²) in [5.74, 6) is -1.37. The second-order valence-corrected chi connectivity index (χ2v) is 7.89. The molecule has 0 unspecified atom stereocenters. The molecule has 2 amide bonds. The highest BCUT2D eigenvalue weighted by Crippen LogP contribution is 2.48. The molecule has 10 heteroatoms. The van der Waals surface area contributed by atoms with Gasteiger partial charge in [0.2, 0.25) is 0 Å². The lowest BCUT2D eigenvalue weighted by Crippen LogP contribution is -2.46. The van der Waals surface area contributed by atoms with Crippen LogP contribution in [-0.4, -0.2) is 26.9 Å². The summed E-state index contributed by atoms with van der Waals surface area (Å²) in [4.78, 5) is 40.6. The van der Waals surface area contributed by atoms with Crippen LogP contribution in [0.25, 0.3) is 0 Å². The van der Waals surface area contributed by atoms with Crippen molar-refractivity contribution in [2.75, 3.05) is 4.90 Å². The van der Waals surface area contributed by atoms with Crippen LogP contribution >= 0.6 is 11.8 Å². The van der Waals surface area contributed by atoms with Crippen molar-refractivity contribution in [2.24, 2.45) is 4.99 Å². The van der Waals surface area contributed by atoms with Gasteiger partial charge in [0.05, 0.1) is 17.0 Å². The number of amides is 2. The number of carbonyl (C=O) groups is 2. The minimum atomic E-state index is -0.610. The van der Waals surface area contributed by atoms with Crippen LogP contribution < -0.4 is 15.8 Å². The van der Waals surface area contributed by atoms with Crippen molar-refractivity contribution in [3.05, 3.63) is 96.0 Å². The maximum Gasteiger partial charge on any atom is 0.269 e. The maximum absolute atomic E-state index is 13.8. The number of hydrogen-bond acceptors (Lipinski definition) is 7. The first kappa shape index (κ1) is 19.9. The normalized spacial score (nSPS) is 16.4. The first-order chi connectivity index (χ1) is 15.6. The number of amidine groups is 1. The summed E-state index contributed by atoms with van der Waals surface area (Å²) in [7, 11) is 0. The van der Waals surface area contributed by atoms with Crippen molar-refractivity contribution in [3.8, 4) is 0 Å². The Morgan fingerprint density at radius 3 is 2.59 bits per heavy atom. The summed E-state index contributed by atoms with van der Waals surface area (Å²) in [5.41, 5.74) is 6.82. The third-order valence-corrected chi connectivity index (χ3v) is 5.95. The third-order valence-electron chi connectivity index (χ3n) is 4.92. The minimum absolute atomic E-state index is 0.278. The van der Waals surface area contributed by atoms with Crippen molar-refractivity contribution >= 4 is 34.4 Å². The van der Waals surface area contributed by atoms with Gasteiger partial charge in [-0.1, -0.05) is 6.07 Å². The molecule has 0 spiro atoms. The zero-order valence-corrected chi connectivity index (χ0v) is 17.2. The van der Waals surface area contributed by atoms with E-state index in [9.17, 15) is 14.0 Å². The molecule has 0 saturated heterocycles. The van der Waals surface area contributed by atoms with Gasteiger partial charge in [-0.3, -0.25) is 30.4 Å². The number of fused-ring (bicyclic) bond motifs is 3. The number of anilines is 1. The van der Waals surface area contributed by atoms with Crippen LogP contribution in [0.5, 0.6) is 0 Å². The first-order valence-corrected chi connectivity index (χ1v) is 10.4. The SMILES string of the molecule is O=C(NNC(=O)c1ccncc1)C1=CN=C2Sc3cc(F)ccc3N2[C@H]1c1ccccn1. The number of nitrogens with one attached hydrogen (secondary N) is 2. The minimum Gasteiger partial charge on any atom is -0.306 e. The fourth-order valence-corrected chi connectivity index (χ4v) is 4.51. The van der Waals surface area contributed by atoms with Gasteiger partial charge in [0.1, 0.15) is 11.9 Å². The molecule has 0 aliphatic carbocycles. The number of pyridine rings is 2. The fourth-order valence-electron chi connectivity index (χ4n) is 3.47. The van der Waals surface area contributed by atoms with E-state index in [-0.39, 0.29) is 11.4 Å². The van der Waals surface area contributed by atoms with E-state index in [1.54, 1.807) is 24.4 Å². The summed E-state index contributed by atoms with van der Waals surface area (Å²) in [5, 5.41) is 0.610. The van der Waals surface area contributed by atoms with Crippen LogP contribution in [0.1, 0.15) is 22.1 Å². The van der Waals surface area contributed by atoms with Crippen LogP contribution in [0.15, 0.2) is 88.8 Å². The number of hydrazine groups is 1. The Balaban J connectivity index is 1.45. The number of benzene rings is 1. The number of carbonyl (C=O) groups excluding carboxylic acids is 2. The molecule has 1 aromatic carbocycles. The fraction of sp³-hybridized carbons (Fsp3) is 0.0455. The number of aliphatic imine (C=N–C) groups is 1. The van der Waals surface area contributed by atoms with E-state index in [1.165, 1.54) is 54.6 Å². The molecular formula is C22H15FN6O2S. The zero-order valence-electron chi connectivity index (χ0n) is 16.4. The molecule has 3 aromatic rings. The Morgan fingerprint density at radius 1 is 1.00 bits per heavy atom. The predicted molar refractivity (Wildman–Crippen MR) is 117 cm³/mol. The average molecular weight is 446 g/mol. The van der Waals surface area contributed by atoms with Crippen molar-refractivity contribution < 1.29 is 14.0 Å². The topological polar surface area (TPSA) is 99.6 Å². The Labute approximate surface area is 186 Å². The zero-order chi connectivity index (χ0) is 22.1. The van der Waals surface area contributed by atoms with Gasteiger partial charge in [-0.05, 0) is 54.2 Å². The van der Waals surface area contributed by atoms with Gasteiger partial charge in [0.25, 0.3) is 11.8 Å². The van der Waals surface area contributed by atoms with Gasteiger partial charge in [-0.2, -0.15) is 0 Å². The van der Waals surface area contributed by atoms with Gasteiger partial charge < -0.3 is 4.90 Å². The van der Waals surface area contributed by atoms with Gasteiger partial charge in [0.15, 0.2) is 5.17 Å². The molecule has 0 saturated carbocycles. The standard InChI is InChI=1S/C22H15FN6O2S/c23-14-4-5-17-18(11-14)32-22-26-12-15(19(29(17)22)16-3-1-2-8-25-16)21(31)28-27-20(30)13-6-9-24-10-7-13/h1-12,19H,(H,27,30)(H,28,31)/t19-/m1/s1. The van der Waals surface area contributed by atoms with Crippen LogP contribution in [0.3, 0.4) is 0 Å². The second kappa shape index (κ2) is 8.23. The first-order valence-electron chi connectivity index (χ1n) is 9.58. The number of rotatable bonds is 3. The van der Waals surface area contributed by atoms with Gasteiger partial charge >= 0.3 is 0 Å². The quantitative estimate of drug-likeness (QED) is 0.600. The van der Waals surface area contributed by atoms with Crippen LogP contribution in [0.4, 0.5) is 10.1 Å². The van der Waals surface area contributed by atoms with Crippen LogP contribution in [0, 0.1) is 5.82 Å². The number of nitrogens with zero attached hydrogens (tertiary/aromatic N) is 4. The van der Waals surface area contributed by atoms with Gasteiger partial charge in [-0.25, -0.2) is 9.38 Å². The summed E-state index contributed by atoms with van der Waals surface area (Å²) >= 11 is 1.32. The monoisotopic (exact) mass is 446 g/mol. The molecule has 2 aliphatic heterocycles. The van der Waals surface area contributed by atoms with Gasteiger partial charge in [0, 0.05) is 35.2 Å². The smallest absolute Gasteiger partial charge is 0.269 e.